The Morgan fingerprint density at radius 1 is 0.771 bits per heavy atom. The third-order valence-electron chi connectivity index (χ3n) is 5.66. The molecule has 0 bridgehead atoms. The Morgan fingerprint density at radius 3 is 1.71 bits per heavy atom. The van der Waals surface area contributed by atoms with Gasteiger partial charge in [0.1, 0.15) is 6.10 Å². The van der Waals surface area contributed by atoms with Gasteiger partial charge >= 0.3 is 0 Å². The van der Waals surface area contributed by atoms with Crippen LogP contribution < -0.4 is 0 Å². The Morgan fingerprint density at radius 2 is 1.26 bits per heavy atom. The molecule has 0 aliphatic heterocycles. The highest BCUT2D eigenvalue weighted by Crippen LogP contribution is 2.40. The molecule has 0 radical (unpaired) electrons. The van der Waals surface area contributed by atoms with Crippen LogP contribution in [0.4, 0.5) is 5.69 Å². The number of nitro benzene ring substituents is 1. The molecule has 4 aromatic carbocycles. The second-order valence-electron chi connectivity index (χ2n) is 8.04. The first-order valence-corrected chi connectivity index (χ1v) is 12.4. The summed E-state index contributed by atoms with van der Waals surface area (Å²) in [6.45, 7) is 1.86. The van der Waals surface area contributed by atoms with Gasteiger partial charge in [0.2, 0.25) is 9.84 Å². The molecule has 0 amide bonds. The van der Waals surface area contributed by atoms with Crippen molar-refractivity contribution in [2.75, 3.05) is 0 Å². The molecule has 1 atom stereocenters. The summed E-state index contributed by atoms with van der Waals surface area (Å²) in [5.74, 6) is 0. The van der Waals surface area contributed by atoms with E-state index in [4.69, 9.17) is 0 Å². The summed E-state index contributed by atoms with van der Waals surface area (Å²) in [6.07, 6.45) is -1.57. The van der Waals surface area contributed by atoms with Gasteiger partial charge in [-0.2, -0.15) is 0 Å². The van der Waals surface area contributed by atoms with Crippen LogP contribution in [0, 0.1) is 17.0 Å². The zero-order chi connectivity index (χ0) is 25.0. The minimum absolute atomic E-state index is 0.0448. The van der Waals surface area contributed by atoms with Gasteiger partial charge in [0.05, 0.1) is 14.7 Å². The molecule has 4 aromatic rings. The molecule has 0 aliphatic rings. The highest BCUT2D eigenvalue weighted by atomic mass is 32.2. The van der Waals surface area contributed by atoms with Gasteiger partial charge in [-0.3, -0.25) is 10.1 Å². The lowest BCUT2D eigenvalue weighted by Crippen LogP contribution is -2.16. The van der Waals surface area contributed by atoms with Crippen molar-refractivity contribution in [3.63, 3.8) is 0 Å². The normalized spacial score (nSPS) is 12.1. The van der Waals surface area contributed by atoms with Crippen LogP contribution in [0.25, 0.3) is 5.57 Å². The molecule has 0 spiro atoms. The van der Waals surface area contributed by atoms with Crippen LogP contribution in [0.1, 0.15) is 28.4 Å². The van der Waals surface area contributed by atoms with Crippen LogP contribution in [0.5, 0.6) is 0 Å². The van der Waals surface area contributed by atoms with E-state index in [1.807, 2.05) is 19.1 Å². The molecule has 1 unspecified atom stereocenters. The average Bonchev–Trinajstić information content (AvgIpc) is 2.88. The van der Waals surface area contributed by atoms with Gasteiger partial charge in [0.15, 0.2) is 0 Å². The smallest absolute Gasteiger partial charge is 0.269 e. The zero-order valence-corrected chi connectivity index (χ0v) is 19.7. The van der Waals surface area contributed by atoms with Gasteiger partial charge in [-0.05, 0) is 47.9 Å². The van der Waals surface area contributed by atoms with Crippen molar-refractivity contribution in [2.45, 2.75) is 17.9 Å². The van der Waals surface area contributed by atoms with Crippen LogP contribution >= 0.6 is 0 Å². The number of hydrogen-bond acceptors (Lipinski definition) is 5. The molecule has 0 heterocycles. The second kappa shape index (κ2) is 10.0. The molecule has 7 heteroatoms. The zero-order valence-electron chi connectivity index (χ0n) is 18.9. The number of nitro groups is 1. The number of aryl methyl sites for hydroxylation is 1. The highest BCUT2D eigenvalue weighted by molar-refractivity contribution is 7.95. The van der Waals surface area contributed by atoms with Crippen molar-refractivity contribution in [1.82, 2.24) is 0 Å². The number of benzene rings is 4. The fourth-order valence-corrected chi connectivity index (χ4v) is 5.54. The van der Waals surface area contributed by atoms with E-state index in [1.165, 1.54) is 36.4 Å². The Hall–Kier alpha value is -4.07. The van der Waals surface area contributed by atoms with Crippen molar-refractivity contribution < 1.29 is 18.4 Å². The number of sulfone groups is 1. The van der Waals surface area contributed by atoms with Crippen LogP contribution in [0.15, 0.2) is 119 Å². The van der Waals surface area contributed by atoms with Gasteiger partial charge in [-0.1, -0.05) is 78.4 Å². The number of non-ortho nitro benzene ring substituents is 1. The molecule has 35 heavy (non-hydrogen) atoms. The molecule has 6 nitrogen and oxygen atoms in total. The lowest BCUT2D eigenvalue weighted by atomic mass is 9.94. The van der Waals surface area contributed by atoms with Gasteiger partial charge in [-0.15, -0.1) is 0 Å². The van der Waals surface area contributed by atoms with E-state index in [-0.39, 0.29) is 21.1 Å². The van der Waals surface area contributed by atoms with E-state index >= 15 is 0 Å². The molecule has 4 rings (SSSR count). The number of aliphatic hydroxyl groups is 1. The van der Waals surface area contributed by atoms with Gasteiger partial charge < -0.3 is 5.11 Å². The van der Waals surface area contributed by atoms with E-state index in [0.717, 1.165) is 5.56 Å². The topological polar surface area (TPSA) is 97.5 Å². The third kappa shape index (κ3) is 5.06. The summed E-state index contributed by atoms with van der Waals surface area (Å²) >= 11 is 0. The maximum Gasteiger partial charge on any atom is 0.269 e. The van der Waals surface area contributed by atoms with E-state index in [2.05, 4.69) is 0 Å². The largest absolute Gasteiger partial charge is 0.383 e. The lowest BCUT2D eigenvalue weighted by molar-refractivity contribution is -0.384. The average molecular weight is 486 g/mol. The minimum atomic E-state index is -4.19. The molecular formula is C28H23NO5S. The Kier molecular flexibility index (Phi) is 6.91. The van der Waals surface area contributed by atoms with Crippen LogP contribution in [0.3, 0.4) is 0 Å². The predicted octanol–water partition coefficient (Wildman–Crippen LogP) is 5.87. The molecular weight excluding hydrogens is 462 g/mol. The van der Waals surface area contributed by atoms with Crippen molar-refractivity contribution in [1.29, 1.82) is 0 Å². The van der Waals surface area contributed by atoms with E-state index in [9.17, 15) is 23.6 Å². The fraction of sp³-hybridized carbons (Fsp3) is 0.0714. The van der Waals surface area contributed by atoms with Crippen molar-refractivity contribution >= 4 is 21.1 Å². The fourth-order valence-electron chi connectivity index (χ4n) is 3.85. The first-order valence-electron chi connectivity index (χ1n) is 10.9. The van der Waals surface area contributed by atoms with Crippen molar-refractivity contribution in [3.05, 3.63) is 146 Å². The molecule has 176 valence electrons. The molecule has 0 aromatic heterocycles. The Balaban J connectivity index is 2.05. The molecule has 0 saturated carbocycles. The molecule has 1 N–H and O–H groups in total. The SMILES string of the molecule is Cc1ccc(S(=O)(=O)C(=C(c2ccccc2)c2ccccc2)C(O)c2ccc([N+](=O)[O-])cc2)cc1. The summed E-state index contributed by atoms with van der Waals surface area (Å²) in [6, 6.07) is 29.7. The van der Waals surface area contributed by atoms with E-state index in [0.29, 0.717) is 16.7 Å². The summed E-state index contributed by atoms with van der Waals surface area (Å²) < 4.78 is 28.2. The molecule has 0 aliphatic carbocycles. The minimum Gasteiger partial charge on any atom is -0.383 e. The highest BCUT2D eigenvalue weighted by Gasteiger charge is 2.33. The summed E-state index contributed by atoms with van der Waals surface area (Å²) in [5, 5.41) is 22.7. The second-order valence-corrected chi connectivity index (χ2v) is 9.96. The van der Waals surface area contributed by atoms with Crippen LogP contribution in [-0.4, -0.2) is 18.4 Å². The van der Waals surface area contributed by atoms with E-state index in [1.54, 1.807) is 60.7 Å². The predicted molar refractivity (Wildman–Crippen MR) is 135 cm³/mol. The van der Waals surface area contributed by atoms with Crippen LogP contribution in [-0.2, 0) is 9.84 Å². The maximum absolute atomic E-state index is 14.1. The first-order chi connectivity index (χ1) is 16.8. The first kappa shape index (κ1) is 24.1. The van der Waals surface area contributed by atoms with Crippen molar-refractivity contribution in [3.8, 4) is 0 Å². The van der Waals surface area contributed by atoms with Gasteiger partial charge in [0.25, 0.3) is 5.69 Å². The monoisotopic (exact) mass is 485 g/mol. The summed E-state index contributed by atoms with van der Waals surface area (Å²) in [7, 11) is -4.19. The maximum atomic E-state index is 14.1. The van der Waals surface area contributed by atoms with Crippen molar-refractivity contribution in [2.24, 2.45) is 0 Å². The summed E-state index contributed by atoms with van der Waals surface area (Å²) in [4.78, 5) is 10.4. The summed E-state index contributed by atoms with van der Waals surface area (Å²) in [5.41, 5.74) is 2.56. The van der Waals surface area contributed by atoms with Crippen LogP contribution in [0.2, 0.25) is 0 Å². The quantitative estimate of drug-likeness (QED) is 0.261. The lowest BCUT2D eigenvalue weighted by Gasteiger charge is -2.22. The Bertz CT molecular complexity index is 1420. The third-order valence-corrected chi connectivity index (χ3v) is 7.56. The number of hydrogen-bond donors (Lipinski definition) is 1. The van der Waals surface area contributed by atoms with E-state index < -0.39 is 20.9 Å². The number of aliphatic hydroxyl groups excluding tert-OH is 1. The Labute approximate surface area is 203 Å². The number of nitrogens with zero attached hydrogens (tertiary/aromatic N) is 1. The van der Waals surface area contributed by atoms with Gasteiger partial charge in [-0.25, -0.2) is 8.42 Å². The van der Waals surface area contributed by atoms with Gasteiger partial charge in [0, 0.05) is 17.7 Å². The molecule has 0 saturated heterocycles. The standard InChI is InChI=1S/C28H23NO5S/c1-20-12-18-25(19-13-20)35(33,34)28(27(30)23-14-16-24(17-15-23)29(31)32)26(21-8-4-2-5-9-21)22-10-6-3-7-11-22/h2-19,27,30H,1H3. The number of rotatable bonds is 7. The molecule has 0 fully saturated rings.